The van der Waals surface area contributed by atoms with Crippen molar-refractivity contribution in [3.05, 3.63) is 59.2 Å². The van der Waals surface area contributed by atoms with E-state index in [4.69, 9.17) is 0 Å². The Morgan fingerprint density at radius 2 is 1.48 bits per heavy atom. The number of hydrogen-bond acceptors (Lipinski definition) is 3. The molecule has 3 saturated heterocycles. The van der Waals surface area contributed by atoms with E-state index in [2.05, 4.69) is 16.7 Å². The molecule has 2 atom stereocenters. The Hall–Kier alpha value is -2.10. The van der Waals surface area contributed by atoms with Crippen LogP contribution >= 0.6 is 0 Å². The molecule has 2 bridgehead atoms. The fourth-order valence-electron chi connectivity index (χ4n) is 5.21. The number of alkyl halides is 6. The molecule has 0 aromatic heterocycles. The van der Waals surface area contributed by atoms with Gasteiger partial charge in [0.05, 0.1) is 0 Å². The molecule has 180 valence electrons. The Labute approximate surface area is 188 Å². The second-order valence-electron chi connectivity index (χ2n) is 9.00. The number of rotatable bonds is 5. The SMILES string of the molecule is CCN1C2CC1CN(Cc1ccc(-c3ccc(C(O)(C(F)(F)F)C(F)(F)F)cc3)c(C)c1)C2. The molecule has 3 fully saturated rings. The zero-order valence-electron chi connectivity index (χ0n) is 18.3. The molecular formula is C24H26F6N2O. The van der Waals surface area contributed by atoms with Gasteiger partial charge in [-0.25, -0.2) is 0 Å². The van der Waals surface area contributed by atoms with Gasteiger partial charge in [0, 0.05) is 37.3 Å². The van der Waals surface area contributed by atoms with E-state index in [0.29, 0.717) is 35.3 Å². The zero-order chi connectivity index (χ0) is 24.2. The molecule has 0 aliphatic carbocycles. The standard InChI is InChI=1S/C24H26F6N2O/c1-3-32-19-11-20(32)14-31(13-19)12-16-4-9-21(15(2)10-16)17-5-7-18(8-6-17)22(33,23(25,26)27)24(28,29)30/h4-10,19-20,33H,3,11-14H2,1-2H3. The van der Waals surface area contributed by atoms with Crippen LogP contribution in [0.2, 0.25) is 0 Å². The van der Waals surface area contributed by atoms with Crippen LogP contribution in [0, 0.1) is 6.92 Å². The van der Waals surface area contributed by atoms with Crippen LogP contribution in [0.1, 0.15) is 30.0 Å². The van der Waals surface area contributed by atoms with Gasteiger partial charge in [-0.1, -0.05) is 49.4 Å². The molecule has 0 radical (unpaired) electrons. The third-order valence-electron chi connectivity index (χ3n) is 6.92. The van der Waals surface area contributed by atoms with Crippen LogP contribution < -0.4 is 0 Å². The van der Waals surface area contributed by atoms with Crippen molar-refractivity contribution < 1.29 is 31.4 Å². The minimum atomic E-state index is -5.90. The van der Waals surface area contributed by atoms with Crippen molar-refractivity contribution in [1.29, 1.82) is 0 Å². The molecule has 3 heterocycles. The van der Waals surface area contributed by atoms with E-state index < -0.39 is 23.5 Å². The van der Waals surface area contributed by atoms with Gasteiger partial charge in [0.15, 0.2) is 0 Å². The Morgan fingerprint density at radius 1 is 0.909 bits per heavy atom. The molecule has 0 saturated carbocycles. The lowest BCUT2D eigenvalue weighted by atomic mass is 9.87. The number of fused-ring (bicyclic) bond motifs is 2. The predicted molar refractivity (Wildman–Crippen MR) is 112 cm³/mol. The second kappa shape index (κ2) is 8.29. The minimum Gasteiger partial charge on any atom is -0.369 e. The highest BCUT2D eigenvalue weighted by atomic mass is 19.4. The number of halogens is 6. The average Bonchev–Trinajstić information content (AvgIpc) is 2.72. The summed E-state index contributed by atoms with van der Waals surface area (Å²) in [5.74, 6) is 0. The van der Waals surface area contributed by atoms with Crippen LogP contribution in [0.15, 0.2) is 42.5 Å². The lowest BCUT2D eigenvalue weighted by molar-refractivity contribution is -0.376. The Kier molecular flexibility index (Phi) is 6.04. The summed E-state index contributed by atoms with van der Waals surface area (Å²) in [5.41, 5.74) is -3.00. The summed E-state index contributed by atoms with van der Waals surface area (Å²) in [7, 11) is 0. The first kappa shape index (κ1) is 24.0. The Balaban J connectivity index is 1.51. The maximum Gasteiger partial charge on any atom is 0.430 e. The fraction of sp³-hybridized carbons (Fsp3) is 0.500. The fourth-order valence-corrected chi connectivity index (χ4v) is 5.21. The van der Waals surface area contributed by atoms with Gasteiger partial charge >= 0.3 is 12.4 Å². The van der Waals surface area contributed by atoms with Crippen molar-refractivity contribution in [2.45, 2.75) is 56.9 Å². The Bertz CT molecular complexity index is 975. The summed E-state index contributed by atoms with van der Waals surface area (Å²) in [6.07, 6.45) is -10.5. The molecule has 3 nitrogen and oxygen atoms in total. The highest BCUT2D eigenvalue weighted by Gasteiger charge is 2.71. The van der Waals surface area contributed by atoms with Crippen molar-refractivity contribution >= 4 is 0 Å². The van der Waals surface area contributed by atoms with E-state index in [1.807, 2.05) is 25.1 Å². The quantitative estimate of drug-likeness (QED) is 0.602. The number of piperidine rings is 1. The lowest BCUT2D eigenvalue weighted by Crippen LogP contribution is -2.68. The highest BCUT2D eigenvalue weighted by Crippen LogP contribution is 2.50. The molecule has 2 aromatic carbocycles. The first-order valence-electron chi connectivity index (χ1n) is 10.9. The molecule has 9 heteroatoms. The number of aliphatic hydroxyl groups is 1. The van der Waals surface area contributed by atoms with Crippen LogP contribution in [-0.4, -0.2) is 59.0 Å². The first-order valence-corrected chi connectivity index (χ1v) is 10.9. The molecule has 3 aliphatic rings. The number of benzene rings is 2. The zero-order valence-corrected chi connectivity index (χ0v) is 18.3. The number of hydrogen-bond donors (Lipinski definition) is 1. The summed E-state index contributed by atoms with van der Waals surface area (Å²) < 4.78 is 78.6. The van der Waals surface area contributed by atoms with Gasteiger partial charge in [0.2, 0.25) is 0 Å². The van der Waals surface area contributed by atoms with E-state index >= 15 is 0 Å². The molecule has 5 rings (SSSR count). The maximum atomic E-state index is 13.1. The van der Waals surface area contributed by atoms with Crippen molar-refractivity contribution in [3.8, 4) is 11.1 Å². The highest BCUT2D eigenvalue weighted by molar-refractivity contribution is 5.68. The maximum absolute atomic E-state index is 13.1. The predicted octanol–water partition coefficient (Wildman–Crippen LogP) is 5.25. The molecule has 2 aromatic rings. The van der Waals surface area contributed by atoms with Gasteiger partial charge in [0.25, 0.3) is 5.60 Å². The van der Waals surface area contributed by atoms with Gasteiger partial charge in [-0.3, -0.25) is 9.80 Å². The number of likely N-dealkylation sites (N-methyl/N-ethyl adjacent to an activating group) is 1. The third-order valence-corrected chi connectivity index (χ3v) is 6.92. The van der Waals surface area contributed by atoms with Crippen molar-refractivity contribution in [1.82, 2.24) is 9.80 Å². The number of piperazine rings is 1. The van der Waals surface area contributed by atoms with E-state index in [-0.39, 0.29) is 0 Å². The van der Waals surface area contributed by atoms with Crippen LogP contribution in [0.4, 0.5) is 26.3 Å². The van der Waals surface area contributed by atoms with Crippen molar-refractivity contribution in [2.24, 2.45) is 0 Å². The monoisotopic (exact) mass is 472 g/mol. The Morgan fingerprint density at radius 3 is 1.97 bits per heavy atom. The molecule has 1 N–H and O–H groups in total. The van der Waals surface area contributed by atoms with E-state index in [1.54, 1.807) is 0 Å². The minimum absolute atomic E-state index is 0.479. The van der Waals surface area contributed by atoms with E-state index in [9.17, 15) is 31.4 Å². The van der Waals surface area contributed by atoms with Crippen LogP contribution in [0.25, 0.3) is 11.1 Å². The topological polar surface area (TPSA) is 26.7 Å². The van der Waals surface area contributed by atoms with E-state index in [1.165, 1.54) is 18.6 Å². The smallest absolute Gasteiger partial charge is 0.369 e. The van der Waals surface area contributed by atoms with Crippen molar-refractivity contribution in [2.75, 3.05) is 19.6 Å². The summed E-state index contributed by atoms with van der Waals surface area (Å²) in [6, 6.07) is 10.7. The normalized spacial score (nSPS) is 22.3. The average molecular weight is 472 g/mol. The summed E-state index contributed by atoms with van der Waals surface area (Å²) in [4.78, 5) is 4.94. The number of nitrogens with zero attached hydrogens (tertiary/aromatic N) is 2. The first-order chi connectivity index (χ1) is 15.3. The third kappa shape index (κ3) is 4.15. The van der Waals surface area contributed by atoms with Gasteiger partial charge in [-0.2, -0.15) is 26.3 Å². The van der Waals surface area contributed by atoms with Crippen LogP contribution in [-0.2, 0) is 12.1 Å². The molecule has 33 heavy (non-hydrogen) atoms. The van der Waals surface area contributed by atoms with E-state index in [0.717, 1.165) is 37.3 Å². The van der Waals surface area contributed by atoms with Gasteiger partial charge < -0.3 is 5.11 Å². The lowest BCUT2D eigenvalue weighted by Gasteiger charge is -2.56. The summed E-state index contributed by atoms with van der Waals surface area (Å²) >= 11 is 0. The second-order valence-corrected chi connectivity index (χ2v) is 9.00. The summed E-state index contributed by atoms with van der Waals surface area (Å²) in [5, 5.41) is 9.56. The molecule has 0 spiro atoms. The summed E-state index contributed by atoms with van der Waals surface area (Å²) in [6.45, 7) is 7.95. The van der Waals surface area contributed by atoms with Gasteiger partial charge in [-0.05, 0) is 42.1 Å². The molecule has 2 unspecified atom stereocenters. The van der Waals surface area contributed by atoms with Crippen LogP contribution in [0.5, 0.6) is 0 Å². The van der Waals surface area contributed by atoms with Gasteiger partial charge in [0.1, 0.15) is 0 Å². The van der Waals surface area contributed by atoms with Crippen LogP contribution in [0.3, 0.4) is 0 Å². The number of aryl methyl sites for hydroxylation is 1. The molecule has 3 aliphatic heterocycles. The largest absolute Gasteiger partial charge is 0.430 e. The van der Waals surface area contributed by atoms with Crippen molar-refractivity contribution in [3.63, 3.8) is 0 Å². The molecule has 0 amide bonds. The van der Waals surface area contributed by atoms with Gasteiger partial charge in [-0.15, -0.1) is 0 Å². The molecular weight excluding hydrogens is 446 g/mol.